The highest BCUT2D eigenvalue weighted by molar-refractivity contribution is 7.17. The summed E-state index contributed by atoms with van der Waals surface area (Å²) >= 11 is 3.23. The third-order valence-corrected chi connectivity index (χ3v) is 19.5. The van der Waals surface area contributed by atoms with Crippen molar-refractivity contribution in [3.63, 3.8) is 0 Å². The highest BCUT2D eigenvalue weighted by atomic mass is 32.1. The third-order valence-electron chi connectivity index (χ3n) is 8.50. The minimum Gasteiger partial charge on any atom is -0.242 e. The number of hydrogen-bond donors (Lipinski definition) is 0. The average Bonchev–Trinajstić information content (AvgIpc) is 3.62. The van der Waals surface area contributed by atoms with Gasteiger partial charge in [-0.2, -0.15) is 0 Å². The zero-order valence-corrected chi connectivity index (χ0v) is 26.8. The molecule has 5 aromatic rings. The van der Waals surface area contributed by atoms with E-state index in [4.69, 9.17) is 19.9 Å². The Kier molecular flexibility index (Phi) is 7.71. The van der Waals surface area contributed by atoms with Gasteiger partial charge in [-0.3, -0.25) is 0 Å². The fourth-order valence-corrected chi connectivity index (χ4v) is 11.4. The molecule has 0 radical (unpaired) electrons. The van der Waals surface area contributed by atoms with Crippen LogP contribution in [-0.4, -0.2) is 36.1 Å². The van der Waals surface area contributed by atoms with Gasteiger partial charge in [0.2, 0.25) is 0 Å². The van der Waals surface area contributed by atoms with E-state index in [1.807, 2.05) is 12.1 Å². The van der Waals surface area contributed by atoms with Crippen molar-refractivity contribution in [1.29, 1.82) is 0 Å². The normalized spacial score (nSPS) is 12.2. The van der Waals surface area contributed by atoms with Gasteiger partial charge >= 0.3 is 0 Å². The first-order chi connectivity index (χ1) is 18.5. The number of fused-ring (bicyclic) bond motifs is 4. The molecule has 8 heteroatoms. The van der Waals surface area contributed by atoms with Gasteiger partial charge in [-0.05, 0) is 59.2 Å². The Hall–Kier alpha value is -2.63. The molecule has 0 atom stereocenters. The SMILES string of the molecule is CC[Si](C#Cc1c2nc3ccsc3nc2c(C#C[Si](CC)(CC)CC)c2nc3ccsc3nc12)(CC)CC. The van der Waals surface area contributed by atoms with E-state index >= 15 is 0 Å². The summed E-state index contributed by atoms with van der Waals surface area (Å²) in [6.07, 6.45) is 0. The third kappa shape index (κ3) is 4.58. The molecular formula is C30H34N4S2Si2. The summed E-state index contributed by atoms with van der Waals surface area (Å²) < 4.78 is 0. The lowest BCUT2D eigenvalue weighted by Gasteiger charge is -2.20. The highest BCUT2D eigenvalue weighted by Crippen LogP contribution is 2.33. The van der Waals surface area contributed by atoms with E-state index < -0.39 is 16.1 Å². The molecule has 4 aromatic heterocycles. The van der Waals surface area contributed by atoms with Crippen LogP contribution in [0.2, 0.25) is 36.3 Å². The standard InChI is InChI=1S/C30H34N4S2Si2/c1-7-37(8-2,9-3)19-15-21-25-28(34-30-23(31-25)13-17-36-30)22(16-20-38(10-4,11-5)12-6)26-27(21)33-29-24(32-26)14-18-35-29/h13-14,17-18H,7-12H2,1-6H3. The Morgan fingerprint density at radius 1 is 0.553 bits per heavy atom. The number of rotatable bonds is 6. The van der Waals surface area contributed by atoms with Gasteiger partial charge in [0.25, 0.3) is 0 Å². The molecule has 4 nitrogen and oxygen atoms in total. The summed E-state index contributed by atoms with van der Waals surface area (Å²) in [7, 11) is -3.40. The van der Waals surface area contributed by atoms with E-state index in [9.17, 15) is 0 Å². The smallest absolute Gasteiger partial charge is 0.142 e. The van der Waals surface area contributed by atoms with Crippen LogP contribution < -0.4 is 0 Å². The first kappa shape index (κ1) is 27.0. The molecule has 0 aliphatic carbocycles. The summed E-state index contributed by atoms with van der Waals surface area (Å²) in [6, 6.07) is 10.9. The van der Waals surface area contributed by atoms with Crippen molar-refractivity contribution in [1.82, 2.24) is 19.9 Å². The van der Waals surface area contributed by atoms with E-state index in [2.05, 4.69) is 75.2 Å². The molecule has 0 fully saturated rings. The van der Waals surface area contributed by atoms with E-state index in [0.29, 0.717) is 0 Å². The monoisotopic (exact) mass is 570 g/mol. The number of thiophene rings is 2. The van der Waals surface area contributed by atoms with Crippen molar-refractivity contribution in [3.05, 3.63) is 34.0 Å². The molecule has 0 bridgehead atoms. The molecule has 0 amide bonds. The summed E-state index contributed by atoms with van der Waals surface area (Å²) in [5, 5.41) is 4.11. The lowest BCUT2D eigenvalue weighted by atomic mass is 10.0. The number of aromatic nitrogens is 4. The van der Waals surface area contributed by atoms with Gasteiger partial charge in [-0.1, -0.05) is 53.4 Å². The summed E-state index contributed by atoms with van der Waals surface area (Å²) in [5.74, 6) is 7.29. The second-order valence-corrected chi connectivity index (χ2v) is 21.6. The van der Waals surface area contributed by atoms with Crippen LogP contribution >= 0.6 is 22.7 Å². The maximum absolute atomic E-state index is 5.15. The van der Waals surface area contributed by atoms with E-state index in [0.717, 1.165) is 90.2 Å². The zero-order valence-electron chi connectivity index (χ0n) is 23.2. The van der Waals surface area contributed by atoms with Gasteiger partial charge in [0, 0.05) is 0 Å². The molecule has 38 heavy (non-hydrogen) atoms. The molecule has 1 aromatic carbocycles. The van der Waals surface area contributed by atoms with Crippen molar-refractivity contribution < 1.29 is 0 Å². The van der Waals surface area contributed by atoms with Crippen LogP contribution in [0.15, 0.2) is 22.9 Å². The number of nitrogens with zero attached hydrogens (tertiary/aromatic N) is 4. The van der Waals surface area contributed by atoms with Crippen LogP contribution in [0.4, 0.5) is 0 Å². The first-order valence-corrected chi connectivity index (χ1v) is 20.8. The quantitative estimate of drug-likeness (QED) is 0.116. The molecule has 0 saturated carbocycles. The predicted molar refractivity (Wildman–Crippen MR) is 172 cm³/mol. The Bertz CT molecular complexity index is 1540. The first-order valence-electron chi connectivity index (χ1n) is 13.8. The largest absolute Gasteiger partial charge is 0.242 e. The van der Waals surface area contributed by atoms with Crippen molar-refractivity contribution in [3.8, 4) is 22.9 Å². The van der Waals surface area contributed by atoms with Gasteiger partial charge < -0.3 is 0 Å². The summed E-state index contributed by atoms with van der Waals surface area (Å²) in [4.78, 5) is 22.4. The molecule has 0 N–H and O–H groups in total. The van der Waals surface area contributed by atoms with E-state index in [-0.39, 0.29) is 0 Å². The van der Waals surface area contributed by atoms with Crippen molar-refractivity contribution in [2.24, 2.45) is 0 Å². The van der Waals surface area contributed by atoms with Crippen LogP contribution in [0.5, 0.6) is 0 Å². The Balaban J connectivity index is 1.96. The summed E-state index contributed by atoms with van der Waals surface area (Å²) in [6.45, 7) is 13.7. The van der Waals surface area contributed by atoms with Crippen molar-refractivity contribution >= 4 is 81.6 Å². The fraction of sp³-hybridized carbons (Fsp3) is 0.400. The van der Waals surface area contributed by atoms with E-state index in [1.54, 1.807) is 22.7 Å². The lowest BCUT2D eigenvalue weighted by molar-refractivity contribution is 1.20. The van der Waals surface area contributed by atoms with Gasteiger partial charge in [0.15, 0.2) is 0 Å². The fourth-order valence-electron chi connectivity index (χ4n) is 5.16. The second kappa shape index (κ2) is 10.9. The minimum atomic E-state index is -1.70. The van der Waals surface area contributed by atoms with E-state index in [1.165, 1.54) is 0 Å². The van der Waals surface area contributed by atoms with Crippen molar-refractivity contribution in [2.75, 3.05) is 0 Å². The van der Waals surface area contributed by atoms with Gasteiger partial charge in [0.1, 0.15) is 58.9 Å². The molecule has 0 saturated heterocycles. The number of benzene rings is 1. The minimum absolute atomic E-state index is 0.813. The zero-order chi connectivity index (χ0) is 26.9. The van der Waals surface area contributed by atoms with Gasteiger partial charge in [0.05, 0.1) is 11.1 Å². The highest BCUT2D eigenvalue weighted by Gasteiger charge is 2.27. The molecule has 0 spiro atoms. The number of hydrogen-bond acceptors (Lipinski definition) is 6. The molecule has 5 rings (SSSR count). The Morgan fingerprint density at radius 2 is 0.895 bits per heavy atom. The maximum Gasteiger partial charge on any atom is 0.142 e. The van der Waals surface area contributed by atoms with Crippen LogP contribution in [0.25, 0.3) is 42.8 Å². The van der Waals surface area contributed by atoms with Gasteiger partial charge in [-0.15, -0.1) is 33.8 Å². The Morgan fingerprint density at radius 3 is 1.24 bits per heavy atom. The molecule has 4 heterocycles. The molecular weight excluding hydrogens is 537 g/mol. The van der Waals surface area contributed by atoms with Crippen LogP contribution in [0, 0.1) is 22.9 Å². The topological polar surface area (TPSA) is 51.6 Å². The molecule has 194 valence electrons. The molecule has 0 aliphatic heterocycles. The predicted octanol–water partition coefficient (Wildman–Crippen LogP) is 8.80. The van der Waals surface area contributed by atoms with Crippen molar-refractivity contribution in [2.45, 2.75) is 77.8 Å². The molecule has 0 aliphatic rings. The maximum atomic E-state index is 5.15. The summed E-state index contributed by atoms with van der Waals surface area (Å²) in [5.41, 5.74) is 14.4. The molecule has 0 unspecified atom stereocenters. The lowest BCUT2D eigenvalue weighted by Crippen LogP contribution is -2.29. The van der Waals surface area contributed by atoms with Gasteiger partial charge in [-0.25, -0.2) is 19.9 Å². The Labute approximate surface area is 235 Å². The van der Waals surface area contributed by atoms with Crippen LogP contribution in [0.3, 0.4) is 0 Å². The average molecular weight is 571 g/mol. The van der Waals surface area contributed by atoms with Crippen LogP contribution in [0.1, 0.15) is 52.7 Å². The van der Waals surface area contributed by atoms with Crippen LogP contribution in [-0.2, 0) is 0 Å². The second-order valence-electron chi connectivity index (χ2n) is 10.00.